The summed E-state index contributed by atoms with van der Waals surface area (Å²) in [5, 5.41) is 4.90. The molecule has 3 amide bonds. The Bertz CT molecular complexity index is 923. The molecule has 1 aliphatic carbocycles. The van der Waals surface area contributed by atoms with E-state index in [0.29, 0.717) is 18.4 Å². The van der Waals surface area contributed by atoms with Crippen LogP contribution in [0.4, 0.5) is 4.79 Å². The van der Waals surface area contributed by atoms with Crippen LogP contribution in [0.25, 0.3) is 0 Å². The molecule has 1 spiro atoms. The van der Waals surface area contributed by atoms with E-state index >= 15 is 0 Å². The van der Waals surface area contributed by atoms with Crippen molar-refractivity contribution in [1.82, 2.24) is 14.8 Å². The first kappa shape index (κ1) is 18.9. The van der Waals surface area contributed by atoms with Crippen molar-refractivity contribution in [3.05, 3.63) is 45.4 Å². The molecule has 0 aromatic carbocycles. The largest absolute Gasteiger partial charge is 0.348 e. The molecule has 2 aromatic rings. The summed E-state index contributed by atoms with van der Waals surface area (Å²) in [4.78, 5) is 40.5. The number of thiophene rings is 1. The van der Waals surface area contributed by atoms with E-state index in [9.17, 15) is 14.4 Å². The van der Waals surface area contributed by atoms with E-state index in [0.717, 1.165) is 42.1 Å². The highest BCUT2D eigenvalue weighted by Crippen LogP contribution is 2.35. The Kier molecular flexibility index (Phi) is 4.87. The molecule has 2 aromatic heterocycles. The zero-order chi connectivity index (χ0) is 19.9. The number of carbonyl (C=O) groups excluding carboxylic acids is 3. The molecule has 2 fully saturated rings. The lowest BCUT2D eigenvalue weighted by molar-refractivity contribution is -0.130. The fourth-order valence-electron chi connectivity index (χ4n) is 4.47. The Morgan fingerprint density at radius 2 is 2.00 bits per heavy atom. The number of urea groups is 1. The van der Waals surface area contributed by atoms with Crippen LogP contribution >= 0.6 is 11.3 Å². The summed E-state index contributed by atoms with van der Waals surface area (Å²) in [5.74, 6) is -0.427. The molecule has 3 heterocycles. The van der Waals surface area contributed by atoms with Crippen LogP contribution in [0.15, 0.2) is 23.6 Å². The van der Waals surface area contributed by atoms with Crippen LogP contribution in [-0.4, -0.2) is 39.3 Å². The second kappa shape index (κ2) is 7.20. The first-order valence-corrected chi connectivity index (χ1v) is 10.7. The number of amides is 3. The van der Waals surface area contributed by atoms with Crippen molar-refractivity contribution < 1.29 is 14.4 Å². The van der Waals surface area contributed by atoms with Gasteiger partial charge in [-0.2, -0.15) is 0 Å². The number of aryl methyl sites for hydroxylation is 2. The molecule has 1 saturated heterocycles. The standard InChI is InChI=1S/C21H25N3O3S/c1-14-12-17(15(2)23(14)10-7-16-6-5-11-28-16)18(25)13-24-19(26)21(22-20(24)27)8-3-4-9-21/h5-6,11-12H,3-4,7-10,13H2,1-2H3,(H,22,27). The van der Waals surface area contributed by atoms with E-state index in [4.69, 9.17) is 0 Å². The highest BCUT2D eigenvalue weighted by Gasteiger charge is 2.52. The maximum absolute atomic E-state index is 12.9. The van der Waals surface area contributed by atoms with Crippen LogP contribution in [0.1, 0.15) is 52.3 Å². The summed E-state index contributed by atoms with van der Waals surface area (Å²) in [6, 6.07) is 5.59. The maximum Gasteiger partial charge on any atom is 0.325 e. The molecule has 2 aliphatic rings. The summed E-state index contributed by atoms with van der Waals surface area (Å²) in [7, 11) is 0. The number of hydrogen-bond acceptors (Lipinski definition) is 4. The Hall–Kier alpha value is -2.41. The fraction of sp³-hybridized carbons (Fsp3) is 0.476. The minimum absolute atomic E-state index is 0.186. The number of carbonyl (C=O) groups is 3. The van der Waals surface area contributed by atoms with Gasteiger partial charge in [-0.15, -0.1) is 11.3 Å². The molecule has 4 rings (SSSR count). The molecule has 0 bridgehead atoms. The first-order valence-electron chi connectivity index (χ1n) is 9.78. The molecule has 148 valence electrons. The zero-order valence-corrected chi connectivity index (χ0v) is 17.1. The van der Waals surface area contributed by atoms with E-state index in [2.05, 4.69) is 21.3 Å². The van der Waals surface area contributed by atoms with Gasteiger partial charge in [0.15, 0.2) is 5.78 Å². The molecule has 1 saturated carbocycles. The van der Waals surface area contributed by atoms with Crippen LogP contribution < -0.4 is 5.32 Å². The van der Waals surface area contributed by atoms with E-state index in [-0.39, 0.29) is 18.2 Å². The molecule has 0 radical (unpaired) electrons. The third kappa shape index (κ3) is 3.17. The summed E-state index contributed by atoms with van der Waals surface area (Å²) in [6.45, 7) is 4.53. The van der Waals surface area contributed by atoms with E-state index in [1.807, 2.05) is 26.0 Å². The van der Waals surface area contributed by atoms with Gasteiger partial charge in [-0.25, -0.2) is 4.79 Å². The number of rotatable bonds is 6. The lowest BCUT2D eigenvalue weighted by Crippen LogP contribution is -2.44. The molecule has 0 unspecified atom stereocenters. The lowest BCUT2D eigenvalue weighted by Gasteiger charge is -2.19. The molecule has 28 heavy (non-hydrogen) atoms. The number of nitrogens with zero attached hydrogens (tertiary/aromatic N) is 2. The van der Waals surface area contributed by atoms with Gasteiger partial charge >= 0.3 is 6.03 Å². The number of hydrogen-bond donors (Lipinski definition) is 1. The van der Waals surface area contributed by atoms with Crippen LogP contribution in [0.2, 0.25) is 0 Å². The van der Waals surface area contributed by atoms with Crippen LogP contribution in [0, 0.1) is 13.8 Å². The average molecular weight is 400 g/mol. The van der Waals surface area contributed by atoms with Crippen molar-refractivity contribution in [2.45, 2.75) is 58.0 Å². The van der Waals surface area contributed by atoms with Crippen LogP contribution in [-0.2, 0) is 17.8 Å². The highest BCUT2D eigenvalue weighted by atomic mass is 32.1. The van der Waals surface area contributed by atoms with Crippen molar-refractivity contribution in [3.8, 4) is 0 Å². The minimum atomic E-state index is -0.769. The van der Waals surface area contributed by atoms with E-state index in [1.54, 1.807) is 11.3 Å². The predicted molar refractivity (Wildman–Crippen MR) is 108 cm³/mol. The molecule has 1 N–H and O–H groups in total. The topological polar surface area (TPSA) is 71.4 Å². The van der Waals surface area contributed by atoms with Crippen molar-refractivity contribution >= 4 is 29.1 Å². The average Bonchev–Trinajstić information content (AvgIpc) is 3.42. The SMILES string of the molecule is Cc1cc(C(=O)CN2C(=O)NC3(CCCC3)C2=O)c(C)n1CCc1cccs1. The Morgan fingerprint density at radius 1 is 1.25 bits per heavy atom. The predicted octanol–water partition coefficient (Wildman–Crippen LogP) is 3.46. The smallest absolute Gasteiger partial charge is 0.325 e. The normalized spacial score (nSPS) is 18.3. The monoisotopic (exact) mass is 399 g/mol. The molecular weight excluding hydrogens is 374 g/mol. The minimum Gasteiger partial charge on any atom is -0.348 e. The Balaban J connectivity index is 1.48. The van der Waals surface area contributed by atoms with Crippen molar-refractivity contribution in [3.63, 3.8) is 0 Å². The number of imide groups is 1. The van der Waals surface area contributed by atoms with Gasteiger partial charge in [-0.1, -0.05) is 18.9 Å². The first-order chi connectivity index (χ1) is 13.4. The van der Waals surface area contributed by atoms with Gasteiger partial charge in [0.1, 0.15) is 5.54 Å². The zero-order valence-electron chi connectivity index (χ0n) is 16.3. The van der Waals surface area contributed by atoms with E-state index < -0.39 is 11.6 Å². The van der Waals surface area contributed by atoms with Crippen molar-refractivity contribution in [2.75, 3.05) is 6.54 Å². The van der Waals surface area contributed by atoms with Gasteiger partial charge in [0.2, 0.25) is 0 Å². The number of ketones is 1. The van der Waals surface area contributed by atoms with Gasteiger partial charge in [0.25, 0.3) is 5.91 Å². The number of aromatic nitrogens is 1. The summed E-state index contributed by atoms with van der Waals surface area (Å²) < 4.78 is 2.14. The summed E-state index contributed by atoms with van der Waals surface area (Å²) >= 11 is 1.73. The molecule has 7 heteroatoms. The molecular formula is C21H25N3O3S. The Morgan fingerprint density at radius 3 is 2.68 bits per heavy atom. The van der Waals surface area contributed by atoms with Crippen LogP contribution in [0.5, 0.6) is 0 Å². The second-order valence-electron chi connectivity index (χ2n) is 7.80. The van der Waals surface area contributed by atoms with E-state index in [1.165, 1.54) is 4.88 Å². The Labute approximate surface area is 168 Å². The number of nitrogens with one attached hydrogen (secondary N) is 1. The van der Waals surface area contributed by atoms with Crippen LogP contribution in [0.3, 0.4) is 0 Å². The molecule has 1 aliphatic heterocycles. The lowest BCUT2D eigenvalue weighted by atomic mass is 9.98. The van der Waals surface area contributed by atoms with Gasteiger partial charge < -0.3 is 9.88 Å². The second-order valence-corrected chi connectivity index (χ2v) is 8.83. The molecule has 6 nitrogen and oxygen atoms in total. The summed E-state index contributed by atoms with van der Waals surface area (Å²) in [5.41, 5.74) is 1.73. The van der Waals surface area contributed by atoms with Gasteiger partial charge in [0.05, 0.1) is 6.54 Å². The fourth-order valence-corrected chi connectivity index (χ4v) is 5.17. The van der Waals surface area contributed by atoms with Gasteiger partial charge in [0, 0.05) is 28.4 Å². The van der Waals surface area contributed by atoms with Gasteiger partial charge in [-0.3, -0.25) is 14.5 Å². The quantitative estimate of drug-likeness (QED) is 0.597. The number of Topliss-reactive ketones (excluding diaryl/α,β-unsaturated/α-hetero) is 1. The maximum atomic E-state index is 12.9. The van der Waals surface area contributed by atoms with Crippen molar-refractivity contribution in [1.29, 1.82) is 0 Å². The third-order valence-electron chi connectivity index (χ3n) is 6.04. The highest BCUT2D eigenvalue weighted by molar-refractivity contribution is 7.09. The third-order valence-corrected chi connectivity index (χ3v) is 6.98. The molecule has 0 atom stereocenters. The summed E-state index contributed by atoms with van der Waals surface area (Å²) in [6.07, 6.45) is 4.11. The van der Waals surface area contributed by atoms with Crippen molar-refractivity contribution in [2.24, 2.45) is 0 Å². The van der Waals surface area contributed by atoms with Gasteiger partial charge in [-0.05, 0) is 50.6 Å².